The summed E-state index contributed by atoms with van der Waals surface area (Å²) in [6, 6.07) is 7.18. The second kappa shape index (κ2) is 6.71. The molecule has 2 bridgehead atoms. The van der Waals surface area contributed by atoms with Crippen LogP contribution < -0.4 is 0 Å². The molecule has 0 spiro atoms. The van der Waals surface area contributed by atoms with Gasteiger partial charge in [-0.3, -0.25) is 9.88 Å². The van der Waals surface area contributed by atoms with Crippen molar-refractivity contribution in [3.8, 4) is 0 Å². The van der Waals surface area contributed by atoms with Gasteiger partial charge in [0.1, 0.15) is 5.60 Å². The number of carbonyl (C=O) groups excluding carboxylic acids is 1. The van der Waals surface area contributed by atoms with E-state index in [-0.39, 0.29) is 6.09 Å². The number of piperidine rings is 1. The van der Waals surface area contributed by atoms with Gasteiger partial charge in [0, 0.05) is 30.9 Å². The third kappa shape index (κ3) is 3.89. The number of aromatic nitrogens is 1. The van der Waals surface area contributed by atoms with Gasteiger partial charge in [-0.25, -0.2) is 4.79 Å². The standard InChI is InChI=1S/C19H29N3O2/c1-19(2,3)24-18(23)22-15-8-9-16(22)12-17(11-15)21(4)13-14-7-5-6-10-20-14/h5-7,10,15-17H,8-9,11-13H2,1-4H3/t15-,16+,17?. The number of rotatable bonds is 3. The van der Waals surface area contributed by atoms with E-state index in [1.165, 1.54) is 0 Å². The lowest BCUT2D eigenvalue weighted by molar-refractivity contribution is -0.00285. The molecule has 0 radical (unpaired) electrons. The van der Waals surface area contributed by atoms with Crippen molar-refractivity contribution < 1.29 is 9.53 Å². The first-order chi connectivity index (χ1) is 11.3. The first-order valence-electron chi connectivity index (χ1n) is 8.95. The van der Waals surface area contributed by atoms with Gasteiger partial charge in [0.25, 0.3) is 0 Å². The second-order valence-electron chi connectivity index (χ2n) is 8.13. The first-order valence-corrected chi connectivity index (χ1v) is 8.95. The Labute approximate surface area is 145 Å². The normalized spacial score (nSPS) is 26.7. The summed E-state index contributed by atoms with van der Waals surface area (Å²) in [4.78, 5) is 21.3. The third-order valence-corrected chi connectivity index (χ3v) is 5.07. The fourth-order valence-corrected chi connectivity index (χ4v) is 4.00. The Morgan fingerprint density at radius 3 is 2.50 bits per heavy atom. The summed E-state index contributed by atoms with van der Waals surface area (Å²) in [5, 5.41) is 0. The Morgan fingerprint density at radius 1 is 1.29 bits per heavy atom. The van der Waals surface area contributed by atoms with Gasteiger partial charge in [0.2, 0.25) is 0 Å². The van der Waals surface area contributed by atoms with Crippen LogP contribution in [-0.4, -0.2) is 51.7 Å². The van der Waals surface area contributed by atoms with Crippen molar-refractivity contribution in [2.75, 3.05) is 7.05 Å². The monoisotopic (exact) mass is 331 g/mol. The maximum absolute atomic E-state index is 12.5. The number of pyridine rings is 1. The Morgan fingerprint density at radius 2 is 1.96 bits per heavy atom. The van der Waals surface area contributed by atoms with Gasteiger partial charge < -0.3 is 9.64 Å². The minimum atomic E-state index is -0.427. The Hall–Kier alpha value is -1.62. The number of nitrogens with zero attached hydrogens (tertiary/aromatic N) is 3. The van der Waals surface area contributed by atoms with Gasteiger partial charge in [-0.1, -0.05) is 6.07 Å². The van der Waals surface area contributed by atoms with Crippen molar-refractivity contribution in [3.63, 3.8) is 0 Å². The van der Waals surface area contributed by atoms with Gasteiger partial charge in [-0.2, -0.15) is 0 Å². The number of ether oxygens (including phenoxy) is 1. The molecule has 2 fully saturated rings. The fourth-order valence-electron chi connectivity index (χ4n) is 4.00. The van der Waals surface area contributed by atoms with Gasteiger partial charge in [-0.05, 0) is 65.6 Å². The van der Waals surface area contributed by atoms with Crippen LogP contribution in [0.4, 0.5) is 4.79 Å². The smallest absolute Gasteiger partial charge is 0.410 e. The van der Waals surface area contributed by atoms with E-state index in [2.05, 4.69) is 23.0 Å². The number of fused-ring (bicyclic) bond motifs is 2. The van der Waals surface area contributed by atoms with Crippen LogP contribution >= 0.6 is 0 Å². The summed E-state index contributed by atoms with van der Waals surface area (Å²) < 4.78 is 5.61. The van der Waals surface area contributed by atoms with Crippen LogP contribution in [0.25, 0.3) is 0 Å². The number of hydrogen-bond acceptors (Lipinski definition) is 4. The zero-order valence-electron chi connectivity index (χ0n) is 15.2. The van der Waals surface area contributed by atoms with E-state index in [1.807, 2.05) is 44.0 Å². The molecule has 1 aromatic heterocycles. The van der Waals surface area contributed by atoms with E-state index in [1.54, 1.807) is 0 Å². The molecular formula is C19H29N3O2. The van der Waals surface area contributed by atoms with Crippen molar-refractivity contribution in [2.24, 2.45) is 0 Å². The Bertz CT molecular complexity index is 556. The topological polar surface area (TPSA) is 45.7 Å². The van der Waals surface area contributed by atoms with Crippen LogP contribution in [0.3, 0.4) is 0 Å². The van der Waals surface area contributed by atoms with Crippen LogP contribution in [0.5, 0.6) is 0 Å². The number of carbonyl (C=O) groups is 1. The molecule has 3 atom stereocenters. The maximum atomic E-state index is 12.5. The first kappa shape index (κ1) is 17.2. The van der Waals surface area contributed by atoms with E-state index in [0.29, 0.717) is 18.1 Å². The highest BCUT2D eigenvalue weighted by Gasteiger charge is 2.45. The molecule has 0 aromatic carbocycles. The molecule has 2 aliphatic rings. The molecule has 2 aliphatic heterocycles. The lowest BCUT2D eigenvalue weighted by Crippen LogP contribution is -2.52. The third-order valence-electron chi connectivity index (χ3n) is 5.07. The van der Waals surface area contributed by atoms with E-state index in [9.17, 15) is 4.79 Å². The van der Waals surface area contributed by atoms with E-state index in [0.717, 1.165) is 37.9 Å². The Balaban J connectivity index is 1.61. The van der Waals surface area contributed by atoms with E-state index < -0.39 is 5.60 Å². The average Bonchev–Trinajstić information content (AvgIpc) is 2.77. The van der Waals surface area contributed by atoms with Crippen LogP contribution in [0.1, 0.15) is 52.1 Å². The van der Waals surface area contributed by atoms with Gasteiger partial charge in [0.05, 0.1) is 5.69 Å². The van der Waals surface area contributed by atoms with Crippen LogP contribution in [0.15, 0.2) is 24.4 Å². The lowest BCUT2D eigenvalue weighted by Gasteiger charge is -2.42. The molecule has 2 saturated heterocycles. The molecule has 3 rings (SSSR count). The van der Waals surface area contributed by atoms with Crippen molar-refractivity contribution in [1.29, 1.82) is 0 Å². The van der Waals surface area contributed by atoms with Crippen LogP contribution in [0.2, 0.25) is 0 Å². The average molecular weight is 331 g/mol. The maximum Gasteiger partial charge on any atom is 0.410 e. The van der Waals surface area contributed by atoms with Crippen LogP contribution in [-0.2, 0) is 11.3 Å². The molecule has 5 nitrogen and oxygen atoms in total. The molecule has 0 N–H and O–H groups in total. The molecule has 1 amide bonds. The second-order valence-corrected chi connectivity index (χ2v) is 8.13. The van der Waals surface area contributed by atoms with E-state index >= 15 is 0 Å². The Kier molecular flexibility index (Phi) is 4.81. The molecule has 5 heteroatoms. The van der Waals surface area contributed by atoms with Crippen molar-refractivity contribution in [2.45, 2.75) is 76.7 Å². The summed E-state index contributed by atoms with van der Waals surface area (Å²) in [5.74, 6) is 0. The minimum Gasteiger partial charge on any atom is -0.444 e. The molecule has 0 aliphatic carbocycles. The molecule has 0 saturated carbocycles. The van der Waals surface area contributed by atoms with Crippen molar-refractivity contribution >= 4 is 6.09 Å². The molecule has 3 heterocycles. The SMILES string of the molecule is CN(Cc1ccccn1)C1C[C@H]2CC[C@@H](C1)N2C(=O)OC(C)(C)C. The number of hydrogen-bond donors (Lipinski definition) is 0. The molecular weight excluding hydrogens is 302 g/mol. The molecule has 24 heavy (non-hydrogen) atoms. The molecule has 132 valence electrons. The summed E-state index contributed by atoms with van der Waals surface area (Å²) >= 11 is 0. The van der Waals surface area contributed by atoms with E-state index in [4.69, 9.17) is 4.74 Å². The number of amides is 1. The zero-order chi connectivity index (χ0) is 17.3. The largest absolute Gasteiger partial charge is 0.444 e. The van der Waals surface area contributed by atoms with Crippen molar-refractivity contribution in [1.82, 2.24) is 14.8 Å². The molecule has 1 aromatic rings. The summed E-state index contributed by atoms with van der Waals surface area (Å²) in [6.07, 6.45) is 5.95. The van der Waals surface area contributed by atoms with Gasteiger partial charge >= 0.3 is 6.09 Å². The summed E-state index contributed by atoms with van der Waals surface area (Å²) in [6.45, 7) is 6.65. The quantitative estimate of drug-likeness (QED) is 0.851. The zero-order valence-corrected chi connectivity index (χ0v) is 15.2. The predicted octanol–water partition coefficient (Wildman–Crippen LogP) is 3.44. The fraction of sp³-hybridized carbons (Fsp3) is 0.684. The highest BCUT2D eigenvalue weighted by atomic mass is 16.6. The highest BCUT2D eigenvalue weighted by Crippen LogP contribution is 2.38. The highest BCUT2D eigenvalue weighted by molar-refractivity contribution is 5.69. The summed E-state index contributed by atoms with van der Waals surface area (Å²) in [7, 11) is 2.17. The predicted molar refractivity (Wildman–Crippen MR) is 93.6 cm³/mol. The van der Waals surface area contributed by atoms with Crippen LogP contribution in [0, 0.1) is 0 Å². The van der Waals surface area contributed by atoms with Gasteiger partial charge in [-0.15, -0.1) is 0 Å². The minimum absolute atomic E-state index is 0.138. The van der Waals surface area contributed by atoms with Crippen molar-refractivity contribution in [3.05, 3.63) is 30.1 Å². The lowest BCUT2D eigenvalue weighted by atomic mass is 9.96. The summed E-state index contributed by atoms with van der Waals surface area (Å²) in [5.41, 5.74) is 0.672. The van der Waals surface area contributed by atoms with Gasteiger partial charge in [0.15, 0.2) is 0 Å². The molecule has 1 unspecified atom stereocenters.